The fourth-order valence-corrected chi connectivity index (χ4v) is 6.45. The van der Waals surface area contributed by atoms with E-state index < -0.39 is 10.0 Å². The SMILES string of the molecule is O=C(Nc1nc(-c2cccs2)cs1)C1CCN(C2=NS(=O)(=O)c3ccccc32)CC1. The van der Waals surface area contributed by atoms with Crippen molar-refractivity contribution in [2.45, 2.75) is 17.7 Å². The number of amidine groups is 1. The van der Waals surface area contributed by atoms with Gasteiger partial charge in [0.25, 0.3) is 10.0 Å². The largest absolute Gasteiger partial charge is 0.355 e. The van der Waals surface area contributed by atoms with Crippen molar-refractivity contribution in [2.24, 2.45) is 10.3 Å². The average molecular weight is 459 g/mol. The Morgan fingerprint density at radius 3 is 2.67 bits per heavy atom. The number of thiazole rings is 1. The highest BCUT2D eigenvalue weighted by molar-refractivity contribution is 7.90. The first-order chi connectivity index (χ1) is 14.5. The average Bonchev–Trinajstić information content (AvgIpc) is 3.48. The third-order valence-electron chi connectivity index (χ3n) is 5.29. The highest BCUT2D eigenvalue weighted by Gasteiger charge is 2.34. The Morgan fingerprint density at radius 1 is 1.10 bits per heavy atom. The first kappa shape index (κ1) is 19.4. The number of piperidine rings is 1. The lowest BCUT2D eigenvalue weighted by Gasteiger charge is -2.32. The predicted octanol–water partition coefficient (Wildman–Crippen LogP) is 3.67. The lowest BCUT2D eigenvalue weighted by Crippen LogP contribution is -2.41. The Balaban J connectivity index is 1.23. The van der Waals surface area contributed by atoms with Gasteiger partial charge in [0, 0.05) is 30.0 Å². The second-order valence-electron chi connectivity index (χ2n) is 7.15. The third kappa shape index (κ3) is 3.55. The van der Waals surface area contributed by atoms with Gasteiger partial charge < -0.3 is 10.2 Å². The zero-order valence-electron chi connectivity index (χ0n) is 15.8. The van der Waals surface area contributed by atoms with E-state index in [0.29, 0.717) is 42.5 Å². The van der Waals surface area contributed by atoms with Crippen LogP contribution in [0.5, 0.6) is 0 Å². The van der Waals surface area contributed by atoms with Crippen molar-refractivity contribution in [2.75, 3.05) is 18.4 Å². The monoisotopic (exact) mass is 458 g/mol. The van der Waals surface area contributed by atoms with E-state index in [1.807, 2.05) is 33.9 Å². The van der Waals surface area contributed by atoms with Crippen molar-refractivity contribution in [3.8, 4) is 10.6 Å². The number of sulfonamides is 1. The number of hydrogen-bond donors (Lipinski definition) is 1. The molecule has 1 N–H and O–H groups in total. The van der Waals surface area contributed by atoms with Gasteiger partial charge in [-0.3, -0.25) is 4.79 Å². The van der Waals surface area contributed by atoms with Gasteiger partial charge in [0.15, 0.2) is 11.0 Å². The second-order valence-corrected chi connectivity index (χ2v) is 10.5. The van der Waals surface area contributed by atoms with Gasteiger partial charge in [-0.15, -0.1) is 27.1 Å². The molecule has 10 heteroatoms. The smallest absolute Gasteiger partial charge is 0.285 e. The van der Waals surface area contributed by atoms with Crippen LogP contribution >= 0.6 is 22.7 Å². The summed E-state index contributed by atoms with van der Waals surface area (Å²) < 4.78 is 28.6. The van der Waals surface area contributed by atoms with E-state index in [1.165, 1.54) is 11.3 Å². The molecule has 2 aliphatic rings. The van der Waals surface area contributed by atoms with Crippen LogP contribution < -0.4 is 5.32 Å². The number of likely N-dealkylation sites (tertiary alicyclic amines) is 1. The van der Waals surface area contributed by atoms with Gasteiger partial charge in [0.2, 0.25) is 5.91 Å². The highest BCUT2D eigenvalue weighted by Crippen LogP contribution is 2.31. The minimum absolute atomic E-state index is 0.0388. The molecule has 0 unspecified atom stereocenters. The Kier molecular flexibility index (Phi) is 4.92. The number of rotatable bonds is 3. The van der Waals surface area contributed by atoms with Crippen LogP contribution in [-0.4, -0.2) is 43.1 Å². The molecule has 0 atom stereocenters. The van der Waals surface area contributed by atoms with Gasteiger partial charge in [-0.05, 0) is 36.4 Å². The lowest BCUT2D eigenvalue weighted by molar-refractivity contribution is -0.120. The molecule has 5 rings (SSSR count). The number of carbonyl (C=O) groups is 1. The standard InChI is InChI=1S/C20H18N4O3S3/c25-19(22-20-21-15(12-29-20)16-5-3-11-28-16)13-7-9-24(10-8-13)18-14-4-1-2-6-17(14)30(26,27)23-18/h1-6,11-13H,7-10H2,(H,21,22,25). The topological polar surface area (TPSA) is 91.7 Å². The number of hydrogen-bond acceptors (Lipinski definition) is 7. The zero-order valence-corrected chi connectivity index (χ0v) is 18.3. The van der Waals surface area contributed by atoms with Crippen LogP contribution in [-0.2, 0) is 14.8 Å². The molecular formula is C20H18N4O3S3. The number of aromatic nitrogens is 1. The molecule has 154 valence electrons. The molecule has 2 aliphatic heterocycles. The number of fused-ring (bicyclic) bond motifs is 1. The molecule has 1 aromatic carbocycles. The number of nitrogens with one attached hydrogen (secondary N) is 1. The number of anilines is 1. The van der Waals surface area contributed by atoms with Crippen LogP contribution in [0.15, 0.2) is 56.5 Å². The quantitative estimate of drug-likeness (QED) is 0.647. The van der Waals surface area contributed by atoms with Crippen molar-refractivity contribution in [1.29, 1.82) is 0 Å². The summed E-state index contributed by atoms with van der Waals surface area (Å²) in [6.07, 6.45) is 1.27. The Hall–Kier alpha value is -2.56. The summed E-state index contributed by atoms with van der Waals surface area (Å²) in [7, 11) is -3.63. The summed E-state index contributed by atoms with van der Waals surface area (Å²) in [5.74, 6) is 0.317. The first-order valence-electron chi connectivity index (χ1n) is 9.51. The van der Waals surface area contributed by atoms with Crippen molar-refractivity contribution in [3.05, 3.63) is 52.7 Å². The molecule has 0 spiro atoms. The predicted molar refractivity (Wildman–Crippen MR) is 119 cm³/mol. The molecule has 1 amide bonds. The summed E-state index contributed by atoms with van der Waals surface area (Å²) in [5, 5.41) is 7.48. The van der Waals surface area contributed by atoms with Crippen molar-refractivity contribution in [3.63, 3.8) is 0 Å². The zero-order chi connectivity index (χ0) is 20.7. The molecule has 4 heterocycles. The fraction of sp³-hybridized carbons (Fsp3) is 0.250. The van der Waals surface area contributed by atoms with Gasteiger partial charge in [0.05, 0.1) is 10.6 Å². The summed E-state index contributed by atoms with van der Waals surface area (Å²) in [6.45, 7) is 1.16. The van der Waals surface area contributed by atoms with E-state index in [0.717, 1.165) is 10.6 Å². The van der Waals surface area contributed by atoms with Crippen LogP contribution in [0, 0.1) is 5.92 Å². The van der Waals surface area contributed by atoms with E-state index in [9.17, 15) is 13.2 Å². The maximum atomic E-state index is 12.7. The molecule has 7 nitrogen and oxygen atoms in total. The van der Waals surface area contributed by atoms with Crippen LogP contribution in [0.3, 0.4) is 0 Å². The van der Waals surface area contributed by atoms with Crippen molar-refractivity contribution >= 4 is 49.6 Å². The number of nitrogens with zero attached hydrogens (tertiary/aromatic N) is 3. The molecule has 30 heavy (non-hydrogen) atoms. The molecule has 1 fully saturated rings. The van der Waals surface area contributed by atoms with E-state index in [2.05, 4.69) is 14.7 Å². The van der Waals surface area contributed by atoms with E-state index >= 15 is 0 Å². The summed E-state index contributed by atoms with van der Waals surface area (Å²) >= 11 is 3.04. The summed E-state index contributed by atoms with van der Waals surface area (Å²) in [5.41, 5.74) is 1.52. The van der Waals surface area contributed by atoms with Crippen LogP contribution in [0.1, 0.15) is 18.4 Å². The molecular weight excluding hydrogens is 440 g/mol. The summed E-state index contributed by atoms with van der Waals surface area (Å²) in [6, 6.07) is 10.9. The molecule has 0 aliphatic carbocycles. The van der Waals surface area contributed by atoms with Crippen LogP contribution in [0.4, 0.5) is 5.13 Å². The van der Waals surface area contributed by atoms with Gasteiger partial charge in [0.1, 0.15) is 4.90 Å². The Bertz CT molecular complexity index is 1220. The molecule has 0 radical (unpaired) electrons. The lowest BCUT2D eigenvalue weighted by atomic mass is 9.95. The van der Waals surface area contributed by atoms with Crippen LogP contribution in [0.25, 0.3) is 10.6 Å². The van der Waals surface area contributed by atoms with E-state index in [-0.39, 0.29) is 16.7 Å². The molecule has 3 aromatic rings. The number of thiophene rings is 1. The number of benzene rings is 1. The van der Waals surface area contributed by atoms with Gasteiger partial charge in [-0.1, -0.05) is 18.2 Å². The minimum Gasteiger partial charge on any atom is -0.355 e. The molecule has 0 bridgehead atoms. The van der Waals surface area contributed by atoms with Crippen LogP contribution in [0.2, 0.25) is 0 Å². The Labute approximate surface area is 182 Å². The second kappa shape index (κ2) is 7.60. The number of carbonyl (C=O) groups excluding carboxylic acids is 1. The van der Waals surface area contributed by atoms with E-state index in [4.69, 9.17) is 0 Å². The molecule has 0 saturated carbocycles. The minimum atomic E-state index is -3.63. The maximum absolute atomic E-state index is 12.7. The van der Waals surface area contributed by atoms with E-state index in [1.54, 1.807) is 29.5 Å². The normalized spacial score (nSPS) is 18.1. The number of amides is 1. The Morgan fingerprint density at radius 2 is 1.90 bits per heavy atom. The van der Waals surface area contributed by atoms with Gasteiger partial charge >= 0.3 is 0 Å². The van der Waals surface area contributed by atoms with Gasteiger partial charge in [-0.25, -0.2) is 4.98 Å². The third-order valence-corrected chi connectivity index (χ3v) is 8.26. The van der Waals surface area contributed by atoms with Gasteiger partial charge in [-0.2, -0.15) is 8.42 Å². The summed E-state index contributed by atoms with van der Waals surface area (Å²) in [4.78, 5) is 20.5. The fourth-order valence-electron chi connectivity index (χ4n) is 3.75. The maximum Gasteiger partial charge on any atom is 0.285 e. The molecule has 2 aromatic heterocycles. The molecule has 1 saturated heterocycles. The van der Waals surface area contributed by atoms with Crippen molar-refractivity contribution in [1.82, 2.24) is 9.88 Å². The first-order valence-corrected chi connectivity index (χ1v) is 12.7. The van der Waals surface area contributed by atoms with Crippen molar-refractivity contribution < 1.29 is 13.2 Å². The highest BCUT2D eigenvalue weighted by atomic mass is 32.2.